The lowest BCUT2D eigenvalue weighted by Gasteiger charge is -2.46. The Morgan fingerprint density at radius 3 is 0.761 bits per heavy atom. The molecule has 0 heterocycles. The molecule has 21 aromatic rings. The third kappa shape index (κ3) is 16.5. The van der Waals surface area contributed by atoms with Gasteiger partial charge in [0.25, 0.3) is 0 Å². The van der Waals surface area contributed by atoms with Gasteiger partial charge in [-0.3, -0.25) is 9.59 Å². The van der Waals surface area contributed by atoms with E-state index in [0.29, 0.717) is 66.8 Å². The van der Waals surface area contributed by atoms with Gasteiger partial charge in [0, 0.05) is 91.4 Å². The number of ketones is 2. The van der Waals surface area contributed by atoms with Crippen LogP contribution in [-0.2, 0) is 22.4 Å². The van der Waals surface area contributed by atoms with Gasteiger partial charge in [0.2, 0.25) is 0 Å². The maximum absolute atomic E-state index is 13.2. The van der Waals surface area contributed by atoms with Gasteiger partial charge >= 0.3 is 0 Å². The van der Waals surface area contributed by atoms with Crippen LogP contribution >= 0.6 is 127 Å². The molecule has 0 aromatic heterocycles. The first-order valence-corrected chi connectivity index (χ1v) is 51.1. The fraction of sp³-hybridized carbons (Fsp3) is 0.0323. The van der Waals surface area contributed by atoms with Gasteiger partial charge in [-0.25, -0.2) is 0 Å². The third-order valence-corrected chi connectivity index (χ3v) is 30.7. The number of carbonyl (C=O) groups excluding carboxylic acids is 2. The van der Waals surface area contributed by atoms with Gasteiger partial charge in [-0.2, -0.15) is 0 Å². The second kappa shape index (κ2) is 38.1. The van der Waals surface area contributed by atoms with E-state index in [-0.39, 0.29) is 11.6 Å². The number of rotatable bonds is 10. The Hall–Kier alpha value is -12.3. The predicted molar refractivity (Wildman–Crippen MR) is 590 cm³/mol. The van der Waals surface area contributed by atoms with Crippen molar-refractivity contribution in [1.29, 1.82) is 0 Å². The van der Waals surface area contributed by atoms with E-state index in [4.69, 9.17) is 0 Å². The quantitative estimate of drug-likeness (QED) is 0.101. The SMILES string of the molecule is Brc1ccc2c(-c3ccccc3-c3ccccc3)c3cc(Br)ccc3c(-c3ccccc3-c3ccccc3)c2c1.O=C1c2ccc(Br)cc2C(=O)c2ccc(Br)cc21.OC1(c2ccc3ccccc3c2)c2ccc(Br)cc2C(O)(c2ccc3ccccc3c2)c2ccc(Br)cc21.OC1(c2ccccc2-c2ccccc2)c2ccc(Br)cc2C(O)(c2ccccc2-c2ccccc2)c2ccc(Br)cc21. The summed E-state index contributed by atoms with van der Waals surface area (Å²) in [4.78, 5) is 24.7. The zero-order valence-corrected chi connectivity index (χ0v) is 86.0. The Labute approximate surface area is 866 Å². The van der Waals surface area contributed by atoms with Crippen LogP contribution in [0.25, 0.3) is 110 Å². The molecule has 21 aromatic carbocycles. The van der Waals surface area contributed by atoms with Crippen molar-refractivity contribution in [2.24, 2.45) is 0 Å². The van der Waals surface area contributed by atoms with Gasteiger partial charge in [-0.15, -0.1) is 0 Å². The van der Waals surface area contributed by atoms with Gasteiger partial charge in [0.15, 0.2) is 11.6 Å². The molecule has 3 aliphatic rings. The van der Waals surface area contributed by atoms with Gasteiger partial charge in [0.1, 0.15) is 22.4 Å². The summed E-state index contributed by atoms with van der Waals surface area (Å²) in [6.07, 6.45) is 0. The van der Waals surface area contributed by atoms with E-state index >= 15 is 0 Å². The average molecular weight is 2300 g/mol. The molecule has 4 unspecified atom stereocenters. The first kappa shape index (κ1) is 92.1. The molecule has 666 valence electrons. The van der Waals surface area contributed by atoms with Gasteiger partial charge in [0.05, 0.1) is 0 Å². The van der Waals surface area contributed by atoms with Crippen molar-refractivity contribution in [3.63, 3.8) is 0 Å². The zero-order valence-electron chi connectivity index (χ0n) is 73.4. The topological polar surface area (TPSA) is 115 Å². The summed E-state index contributed by atoms with van der Waals surface area (Å²) in [5.74, 6) is -0.207. The fourth-order valence-corrected chi connectivity index (χ4v) is 23.4. The normalized spacial score (nSPS) is 16.4. The van der Waals surface area contributed by atoms with Gasteiger partial charge in [-0.05, 0) is 265 Å². The van der Waals surface area contributed by atoms with Crippen molar-refractivity contribution in [2.45, 2.75) is 22.4 Å². The molecule has 0 radical (unpaired) electrons. The minimum atomic E-state index is -1.56. The predicted octanol–water partition coefficient (Wildman–Crippen LogP) is 34.0. The summed E-state index contributed by atoms with van der Waals surface area (Å²) in [6.45, 7) is 0. The van der Waals surface area contributed by atoms with E-state index in [1.54, 1.807) is 36.4 Å². The number of hydrogen-bond donors (Lipinski definition) is 4. The molecule has 6 nitrogen and oxygen atoms in total. The van der Waals surface area contributed by atoms with Crippen LogP contribution in [0.5, 0.6) is 0 Å². The first-order valence-electron chi connectivity index (χ1n) is 44.8. The van der Waals surface area contributed by atoms with Crippen molar-refractivity contribution >= 4 is 182 Å². The molecular weight excluding hydrogens is 2220 g/mol. The standard InChI is InChI=1S/C38H26Br2O2.C38H24Br2.C34H22Br2O2.C14H6Br2O2/c39-27-20-22-34-35(23-27)37(41,31-17-9-7-15-29(31)25-11-3-1-4-12-25)33-21-19-28(40)24-36(33)38(34,42)32-18-10-8-16-30(32)26-13-5-2-6-14-26;39-27-20-22-34-35(23-27)37(31-17-9-7-15-29(31)25-11-3-1-4-12-25)33-21-19-28(40)24-36(33)38(34)32-18-10-8-16-30(32)26-13-5-2-6-14-26;35-27-14-16-30-31(19-27)33(37,25-11-9-21-5-1-3-7-23(21)17-25)29-15-13-28(36)20-32(29)34(30,38)26-12-10-22-6-2-4-8-24(22)18-26;15-7-1-3-9-11(5-7)14(18)10-4-2-8(16)6-12(10)13(9)17/h1-24,41-42H;1-24H;1-20,37-38H;1-6H. The second-order valence-corrected chi connectivity index (χ2v) is 41.9. The number of aliphatic hydroxyl groups is 4. The largest absolute Gasteiger partial charge is 0.376 e. The number of carbonyl (C=O) groups is 2. The van der Waals surface area contributed by atoms with E-state index in [9.17, 15) is 30.0 Å². The summed E-state index contributed by atoms with van der Waals surface area (Å²) < 4.78 is 7.02. The lowest BCUT2D eigenvalue weighted by molar-refractivity contribution is 0.0748. The van der Waals surface area contributed by atoms with Crippen LogP contribution in [-0.4, -0.2) is 32.0 Å². The lowest BCUT2D eigenvalue weighted by atomic mass is 9.62. The molecule has 0 saturated heterocycles. The van der Waals surface area contributed by atoms with E-state index < -0.39 is 22.4 Å². The van der Waals surface area contributed by atoms with E-state index in [2.05, 4.69) is 322 Å². The maximum atomic E-state index is 13.2. The van der Waals surface area contributed by atoms with Crippen LogP contribution in [0.3, 0.4) is 0 Å². The second-order valence-electron chi connectivity index (χ2n) is 34.5. The number of fused-ring (bicyclic) bond motifs is 10. The van der Waals surface area contributed by atoms with Crippen molar-refractivity contribution < 1.29 is 30.0 Å². The lowest BCUT2D eigenvalue weighted by Crippen LogP contribution is -2.44. The highest BCUT2D eigenvalue weighted by atomic mass is 79.9. The molecule has 4 atom stereocenters. The summed E-state index contributed by atoms with van der Waals surface area (Å²) in [5.41, 5.74) is 17.6. The average Bonchev–Trinajstić information content (AvgIpc) is 0.690. The Morgan fingerprint density at radius 2 is 0.413 bits per heavy atom. The molecule has 24 rings (SSSR count). The zero-order chi connectivity index (χ0) is 94.9. The summed E-state index contributed by atoms with van der Waals surface area (Å²) in [6, 6.07) is 150. The molecule has 14 heteroatoms. The van der Waals surface area contributed by atoms with Gasteiger partial charge < -0.3 is 20.4 Å². The molecule has 3 aliphatic carbocycles. The Morgan fingerprint density at radius 1 is 0.159 bits per heavy atom. The van der Waals surface area contributed by atoms with Crippen LogP contribution < -0.4 is 0 Å². The maximum Gasteiger partial charge on any atom is 0.194 e. The van der Waals surface area contributed by atoms with Crippen molar-refractivity contribution in [2.75, 3.05) is 0 Å². The monoisotopic (exact) mass is 2290 g/mol. The molecule has 0 spiro atoms. The van der Waals surface area contributed by atoms with Crippen LogP contribution in [0.4, 0.5) is 0 Å². The Kier molecular flexibility index (Phi) is 25.4. The van der Waals surface area contributed by atoms with Gasteiger partial charge in [-0.1, -0.05) is 455 Å². The number of benzene rings is 21. The van der Waals surface area contributed by atoms with E-state index in [1.165, 1.54) is 66.1 Å². The molecular formula is C124H78Br8O6. The van der Waals surface area contributed by atoms with Crippen molar-refractivity contribution in [3.8, 4) is 66.8 Å². The molecule has 0 bridgehead atoms. The minimum Gasteiger partial charge on any atom is -0.376 e. The van der Waals surface area contributed by atoms with Crippen LogP contribution in [0, 0.1) is 0 Å². The third-order valence-electron chi connectivity index (χ3n) is 26.7. The molecule has 138 heavy (non-hydrogen) atoms. The fourth-order valence-electron chi connectivity index (χ4n) is 20.5. The van der Waals surface area contributed by atoms with Crippen LogP contribution in [0.2, 0.25) is 0 Å². The molecule has 0 fully saturated rings. The highest BCUT2D eigenvalue weighted by Gasteiger charge is 2.54. The molecule has 4 N–H and O–H groups in total. The summed E-state index contributed by atoms with van der Waals surface area (Å²) >= 11 is 28.9. The molecule has 0 aliphatic heterocycles. The Balaban J connectivity index is 0.000000113. The number of halogens is 8. The summed E-state index contributed by atoms with van der Waals surface area (Å²) in [5, 5.41) is 61.3. The highest BCUT2D eigenvalue weighted by Crippen LogP contribution is 2.59. The van der Waals surface area contributed by atoms with E-state index in [0.717, 1.165) is 102 Å². The first-order chi connectivity index (χ1) is 67.1. The molecule has 0 saturated carbocycles. The van der Waals surface area contributed by atoms with Crippen LogP contribution in [0.1, 0.15) is 98.6 Å². The molecule has 0 amide bonds. The van der Waals surface area contributed by atoms with Crippen molar-refractivity contribution in [3.05, 3.63) is 574 Å². The smallest absolute Gasteiger partial charge is 0.194 e. The summed E-state index contributed by atoms with van der Waals surface area (Å²) in [7, 11) is 0. The minimum absolute atomic E-state index is 0.103. The number of hydrogen-bond acceptors (Lipinski definition) is 6. The highest BCUT2D eigenvalue weighted by molar-refractivity contribution is 9.11. The Bertz CT molecular complexity index is 7960. The van der Waals surface area contributed by atoms with Crippen LogP contribution in [0.15, 0.2) is 485 Å². The van der Waals surface area contributed by atoms with Crippen molar-refractivity contribution in [1.82, 2.24) is 0 Å². The van der Waals surface area contributed by atoms with E-state index in [1.807, 2.05) is 218 Å².